The number of nitrogens with one attached hydrogen (secondary N) is 1. The third-order valence-corrected chi connectivity index (χ3v) is 5.31. The van der Waals surface area contributed by atoms with Gasteiger partial charge in [0.25, 0.3) is 0 Å². The van der Waals surface area contributed by atoms with Gasteiger partial charge in [-0.25, -0.2) is 9.37 Å². The van der Waals surface area contributed by atoms with E-state index in [1.165, 1.54) is 12.1 Å². The number of rotatable bonds is 3. The van der Waals surface area contributed by atoms with E-state index in [-0.39, 0.29) is 17.6 Å². The standard InChI is InChI=1S/C21H23FN4O2/c1-12-13(2)28-21-18(12)19(23-14(3)24-21)26-9-5-6-15(11-26)20(27)25-17-8-4-7-16(22)10-17/h4,7-8,10,15H,5-6,9,11H2,1-3H3,(H,25,27). The van der Waals surface area contributed by atoms with Gasteiger partial charge in [0.1, 0.15) is 23.2 Å². The normalized spacial score (nSPS) is 17.1. The summed E-state index contributed by atoms with van der Waals surface area (Å²) in [5.74, 6) is 1.62. The molecule has 0 saturated carbocycles. The third-order valence-electron chi connectivity index (χ3n) is 5.31. The first-order chi connectivity index (χ1) is 13.4. The Kier molecular flexibility index (Phi) is 4.75. The van der Waals surface area contributed by atoms with Crippen LogP contribution in [0.2, 0.25) is 0 Å². The molecule has 0 aliphatic carbocycles. The Bertz CT molecular complexity index is 1050. The Morgan fingerprint density at radius 3 is 2.89 bits per heavy atom. The summed E-state index contributed by atoms with van der Waals surface area (Å²) >= 11 is 0. The van der Waals surface area contributed by atoms with Crippen LogP contribution in [0.4, 0.5) is 15.9 Å². The van der Waals surface area contributed by atoms with Crippen molar-refractivity contribution in [1.29, 1.82) is 0 Å². The van der Waals surface area contributed by atoms with E-state index >= 15 is 0 Å². The lowest BCUT2D eigenvalue weighted by atomic mass is 9.96. The number of aryl methyl sites for hydroxylation is 3. The lowest BCUT2D eigenvalue weighted by Gasteiger charge is -2.33. The summed E-state index contributed by atoms with van der Waals surface area (Å²) in [6.45, 7) is 7.13. The third kappa shape index (κ3) is 3.44. The zero-order chi connectivity index (χ0) is 19.8. The van der Waals surface area contributed by atoms with Crippen LogP contribution in [0, 0.1) is 32.5 Å². The van der Waals surface area contributed by atoms with Crippen LogP contribution >= 0.6 is 0 Å². The number of aromatic nitrogens is 2. The topological polar surface area (TPSA) is 71.3 Å². The van der Waals surface area contributed by atoms with E-state index in [1.807, 2.05) is 20.8 Å². The number of piperidine rings is 1. The number of amides is 1. The lowest BCUT2D eigenvalue weighted by Crippen LogP contribution is -2.41. The SMILES string of the molecule is Cc1nc(N2CCCC(C(=O)Nc3cccc(F)c3)C2)c2c(C)c(C)oc2n1. The van der Waals surface area contributed by atoms with Gasteiger partial charge in [-0.1, -0.05) is 6.07 Å². The zero-order valence-corrected chi connectivity index (χ0v) is 16.3. The summed E-state index contributed by atoms with van der Waals surface area (Å²) in [5, 5.41) is 3.74. The Hall–Kier alpha value is -2.96. The molecule has 1 saturated heterocycles. The first-order valence-corrected chi connectivity index (χ1v) is 9.48. The van der Waals surface area contributed by atoms with Crippen molar-refractivity contribution in [1.82, 2.24) is 9.97 Å². The molecule has 1 aliphatic heterocycles. The summed E-state index contributed by atoms with van der Waals surface area (Å²) in [5.41, 5.74) is 2.09. The van der Waals surface area contributed by atoms with Gasteiger partial charge in [0.05, 0.1) is 11.3 Å². The second-order valence-corrected chi connectivity index (χ2v) is 7.34. The molecule has 0 radical (unpaired) electrons. The minimum Gasteiger partial charge on any atom is -0.443 e. The maximum atomic E-state index is 13.4. The predicted molar refractivity (Wildman–Crippen MR) is 106 cm³/mol. The molecule has 1 aliphatic rings. The number of furan rings is 1. The number of carbonyl (C=O) groups is 1. The minimum absolute atomic E-state index is 0.0996. The van der Waals surface area contributed by atoms with E-state index in [2.05, 4.69) is 20.2 Å². The molecule has 1 unspecified atom stereocenters. The van der Waals surface area contributed by atoms with Crippen molar-refractivity contribution in [2.45, 2.75) is 33.6 Å². The summed E-state index contributed by atoms with van der Waals surface area (Å²) < 4.78 is 19.2. The van der Waals surface area contributed by atoms with Gasteiger partial charge >= 0.3 is 0 Å². The van der Waals surface area contributed by atoms with Crippen molar-refractivity contribution in [2.75, 3.05) is 23.3 Å². The molecule has 1 N–H and O–H groups in total. The predicted octanol–water partition coefficient (Wildman–Crippen LogP) is 4.14. The number of halogens is 1. The highest BCUT2D eigenvalue weighted by molar-refractivity contribution is 5.94. The van der Waals surface area contributed by atoms with E-state index < -0.39 is 0 Å². The zero-order valence-electron chi connectivity index (χ0n) is 16.3. The van der Waals surface area contributed by atoms with Crippen molar-refractivity contribution in [3.63, 3.8) is 0 Å². The summed E-state index contributed by atoms with van der Waals surface area (Å²) in [7, 11) is 0. The van der Waals surface area contributed by atoms with Crippen LogP contribution in [0.25, 0.3) is 11.1 Å². The van der Waals surface area contributed by atoms with Crippen molar-refractivity contribution in [3.05, 3.63) is 47.2 Å². The van der Waals surface area contributed by atoms with Gasteiger partial charge in [0.2, 0.25) is 11.6 Å². The van der Waals surface area contributed by atoms with E-state index in [0.29, 0.717) is 23.8 Å². The second kappa shape index (κ2) is 7.22. The van der Waals surface area contributed by atoms with E-state index in [0.717, 1.165) is 41.9 Å². The van der Waals surface area contributed by atoms with Crippen LogP contribution in [-0.4, -0.2) is 29.0 Å². The summed E-state index contributed by atoms with van der Waals surface area (Å²) in [6, 6.07) is 5.96. The molecule has 0 spiro atoms. The Labute approximate surface area is 162 Å². The number of carbonyl (C=O) groups excluding carboxylic acids is 1. The molecule has 1 fully saturated rings. The minimum atomic E-state index is -0.368. The summed E-state index contributed by atoms with van der Waals surface area (Å²) in [6.07, 6.45) is 1.66. The highest BCUT2D eigenvalue weighted by Crippen LogP contribution is 2.33. The molecule has 3 heterocycles. The van der Waals surface area contributed by atoms with Gasteiger partial charge in [0.15, 0.2) is 0 Å². The van der Waals surface area contributed by atoms with E-state index in [9.17, 15) is 9.18 Å². The fourth-order valence-electron chi connectivity index (χ4n) is 3.76. The van der Waals surface area contributed by atoms with E-state index in [1.54, 1.807) is 12.1 Å². The van der Waals surface area contributed by atoms with Gasteiger partial charge in [-0.2, -0.15) is 4.98 Å². The fourth-order valence-corrected chi connectivity index (χ4v) is 3.76. The van der Waals surface area contributed by atoms with Gasteiger partial charge in [-0.15, -0.1) is 0 Å². The molecule has 7 heteroatoms. The van der Waals surface area contributed by atoms with Gasteiger partial charge in [0, 0.05) is 24.3 Å². The molecule has 28 heavy (non-hydrogen) atoms. The molecule has 1 aromatic carbocycles. The molecular formula is C21H23FN4O2. The molecule has 146 valence electrons. The number of anilines is 2. The number of nitrogens with zero attached hydrogens (tertiary/aromatic N) is 3. The maximum Gasteiger partial charge on any atom is 0.231 e. The summed E-state index contributed by atoms with van der Waals surface area (Å²) in [4.78, 5) is 24.0. The lowest BCUT2D eigenvalue weighted by molar-refractivity contribution is -0.120. The van der Waals surface area contributed by atoms with E-state index in [4.69, 9.17) is 4.42 Å². The Morgan fingerprint density at radius 1 is 1.29 bits per heavy atom. The quantitative estimate of drug-likeness (QED) is 0.737. The number of hydrogen-bond donors (Lipinski definition) is 1. The molecule has 0 bridgehead atoms. The fraction of sp³-hybridized carbons (Fsp3) is 0.381. The molecule has 6 nitrogen and oxygen atoms in total. The van der Waals surface area contributed by atoms with Crippen molar-refractivity contribution in [2.24, 2.45) is 5.92 Å². The molecule has 3 aromatic rings. The maximum absolute atomic E-state index is 13.4. The smallest absolute Gasteiger partial charge is 0.231 e. The first-order valence-electron chi connectivity index (χ1n) is 9.48. The second-order valence-electron chi connectivity index (χ2n) is 7.34. The molecular weight excluding hydrogens is 359 g/mol. The van der Waals surface area contributed by atoms with Crippen LogP contribution in [0.5, 0.6) is 0 Å². The number of benzene rings is 1. The number of hydrogen-bond acceptors (Lipinski definition) is 5. The molecule has 1 atom stereocenters. The van der Waals surface area contributed by atoms with Crippen LogP contribution in [0.1, 0.15) is 30.0 Å². The molecule has 1 amide bonds. The van der Waals surface area contributed by atoms with Gasteiger partial charge in [-0.3, -0.25) is 4.79 Å². The molecule has 4 rings (SSSR count). The largest absolute Gasteiger partial charge is 0.443 e. The first kappa shape index (κ1) is 18.4. The van der Waals surface area contributed by atoms with Gasteiger partial charge < -0.3 is 14.6 Å². The van der Waals surface area contributed by atoms with Crippen molar-refractivity contribution >= 4 is 28.5 Å². The van der Waals surface area contributed by atoms with Crippen molar-refractivity contribution < 1.29 is 13.6 Å². The van der Waals surface area contributed by atoms with Crippen LogP contribution in [0.15, 0.2) is 28.7 Å². The number of fused-ring (bicyclic) bond motifs is 1. The van der Waals surface area contributed by atoms with Crippen LogP contribution in [0.3, 0.4) is 0 Å². The average Bonchev–Trinajstić information content (AvgIpc) is 2.95. The highest BCUT2D eigenvalue weighted by atomic mass is 19.1. The Balaban J connectivity index is 1.59. The average molecular weight is 382 g/mol. The Morgan fingerprint density at radius 2 is 2.11 bits per heavy atom. The highest BCUT2D eigenvalue weighted by Gasteiger charge is 2.29. The monoisotopic (exact) mass is 382 g/mol. The van der Waals surface area contributed by atoms with Gasteiger partial charge in [-0.05, 0) is 51.8 Å². The van der Waals surface area contributed by atoms with Crippen LogP contribution < -0.4 is 10.2 Å². The van der Waals surface area contributed by atoms with Crippen LogP contribution in [-0.2, 0) is 4.79 Å². The molecule has 2 aromatic heterocycles. The van der Waals surface area contributed by atoms with Crippen molar-refractivity contribution in [3.8, 4) is 0 Å².